The number of hydrogen-bond acceptors (Lipinski definition) is 7. The number of aliphatic hydroxyl groups is 1. The Kier molecular flexibility index (Phi) is 11.0. The van der Waals surface area contributed by atoms with Gasteiger partial charge in [-0.2, -0.15) is 8.42 Å². The lowest BCUT2D eigenvalue weighted by atomic mass is 9.93. The lowest BCUT2D eigenvalue weighted by molar-refractivity contribution is -0.120. The Morgan fingerprint density at radius 1 is 0.973 bits per heavy atom. The van der Waals surface area contributed by atoms with Crippen molar-refractivity contribution in [2.75, 3.05) is 6.54 Å². The number of hydrogen-bond donors (Lipinski definition) is 4. The lowest BCUT2D eigenvalue weighted by Gasteiger charge is -2.28. The first-order valence-electron chi connectivity index (χ1n) is 11.6. The molecular weight excluding hydrogens is 490 g/mol. The number of benzene rings is 3. The second-order valence-corrected chi connectivity index (χ2v) is 9.89. The zero-order valence-electron chi connectivity index (χ0n) is 20.3. The third-order valence-corrected chi connectivity index (χ3v) is 6.01. The van der Waals surface area contributed by atoms with Crippen molar-refractivity contribution in [1.82, 2.24) is 10.6 Å². The van der Waals surface area contributed by atoms with E-state index in [0.29, 0.717) is 18.5 Å². The highest BCUT2D eigenvalue weighted by atomic mass is 32.2. The van der Waals surface area contributed by atoms with E-state index >= 15 is 0 Å². The maximum Gasteiger partial charge on any atom is 0.316 e. The van der Waals surface area contributed by atoms with Crippen LogP contribution in [-0.4, -0.2) is 36.6 Å². The molecule has 198 valence electrons. The van der Waals surface area contributed by atoms with Gasteiger partial charge in [-0.25, -0.2) is 0 Å². The minimum Gasteiger partial charge on any atom is -0.506 e. The zero-order chi connectivity index (χ0) is 26.1. The number of aliphatic hydroxyl groups excluding tert-OH is 1. The van der Waals surface area contributed by atoms with E-state index in [0.717, 1.165) is 16.7 Å². The normalized spacial score (nSPS) is 11.8. The molecular formula is C28H35N3O5S. The van der Waals surface area contributed by atoms with Gasteiger partial charge in [-0.1, -0.05) is 68.1 Å². The second kappa shape index (κ2) is 13.7. The molecule has 0 aromatic heterocycles. The van der Waals surface area contributed by atoms with E-state index in [-0.39, 0.29) is 43.3 Å². The fourth-order valence-electron chi connectivity index (χ4n) is 3.86. The predicted molar refractivity (Wildman–Crippen MR) is 145 cm³/mol. The molecule has 0 aliphatic rings. The van der Waals surface area contributed by atoms with Crippen LogP contribution in [0.25, 0.3) is 0 Å². The predicted octanol–water partition coefficient (Wildman–Crippen LogP) is 4.23. The molecule has 0 radical (unpaired) electrons. The molecule has 4 N–H and O–H groups in total. The van der Waals surface area contributed by atoms with Gasteiger partial charge < -0.3 is 20.8 Å². The average molecular weight is 526 g/mol. The van der Waals surface area contributed by atoms with Crippen LogP contribution in [0.4, 0.5) is 5.69 Å². The minimum absolute atomic E-state index is 0. The third kappa shape index (κ3) is 9.80. The van der Waals surface area contributed by atoms with Gasteiger partial charge in [-0.3, -0.25) is 4.79 Å². The van der Waals surface area contributed by atoms with Crippen LogP contribution in [-0.2, 0) is 34.7 Å². The summed E-state index contributed by atoms with van der Waals surface area (Å²) in [6.45, 7) is 4.72. The number of rotatable bonds is 11. The number of nitrogens with one attached hydrogen (secondary N) is 2. The molecule has 0 heterocycles. The standard InChI is InChI=1S/C27H31N3O5S.CH4/c1-27(2,29-18-25(32)22-11-12-24(31)23(15-22)30-36(34)35)16-21-10-6-9-20(13-21)14-26(33)28-17-19-7-4-3-5-8-19;/h3-13,15,25,29,31-32H,14,16-18H2,1-2H3,(H,28,33);1H4/t25-;/m0./s1. The maximum absolute atomic E-state index is 12.4. The molecule has 37 heavy (non-hydrogen) atoms. The van der Waals surface area contributed by atoms with E-state index in [1.807, 2.05) is 68.4 Å². The van der Waals surface area contributed by atoms with Crippen LogP contribution in [0.15, 0.2) is 77.2 Å². The first-order valence-corrected chi connectivity index (χ1v) is 12.6. The molecule has 0 saturated heterocycles. The number of carbonyl (C=O) groups excluding carboxylic acids is 1. The Balaban J connectivity index is 0.00000481. The average Bonchev–Trinajstić information content (AvgIpc) is 2.83. The highest BCUT2D eigenvalue weighted by molar-refractivity contribution is 7.61. The highest BCUT2D eigenvalue weighted by Gasteiger charge is 2.21. The van der Waals surface area contributed by atoms with Crippen molar-refractivity contribution in [3.8, 4) is 5.75 Å². The largest absolute Gasteiger partial charge is 0.506 e. The molecule has 3 rings (SSSR count). The van der Waals surface area contributed by atoms with E-state index in [9.17, 15) is 23.4 Å². The Morgan fingerprint density at radius 2 is 1.65 bits per heavy atom. The van der Waals surface area contributed by atoms with Crippen molar-refractivity contribution in [3.05, 3.63) is 95.1 Å². The van der Waals surface area contributed by atoms with E-state index in [4.69, 9.17) is 0 Å². The maximum atomic E-state index is 12.4. The summed E-state index contributed by atoms with van der Waals surface area (Å²) in [6, 6.07) is 21.8. The quantitative estimate of drug-likeness (QED) is 0.297. The molecule has 3 aromatic carbocycles. The van der Waals surface area contributed by atoms with Gasteiger partial charge in [0.25, 0.3) is 0 Å². The second-order valence-electron chi connectivity index (χ2n) is 9.27. The van der Waals surface area contributed by atoms with Crippen LogP contribution in [0.5, 0.6) is 5.75 Å². The van der Waals surface area contributed by atoms with E-state index in [1.165, 1.54) is 18.2 Å². The molecule has 0 bridgehead atoms. The fourth-order valence-corrected chi connectivity index (χ4v) is 4.17. The number of nitrogens with zero attached hydrogens (tertiary/aromatic N) is 1. The minimum atomic E-state index is -2.71. The van der Waals surface area contributed by atoms with Crippen LogP contribution >= 0.6 is 0 Å². The van der Waals surface area contributed by atoms with Gasteiger partial charge in [0.2, 0.25) is 5.91 Å². The van der Waals surface area contributed by atoms with Gasteiger partial charge in [0.1, 0.15) is 11.4 Å². The lowest BCUT2D eigenvalue weighted by Crippen LogP contribution is -2.43. The molecule has 8 nitrogen and oxygen atoms in total. The SMILES string of the molecule is C.CC(C)(Cc1cccc(CC(=O)NCc2ccccc2)c1)NC[C@H](O)c1ccc(O)c(N=S(=O)=O)c1. The van der Waals surface area contributed by atoms with Gasteiger partial charge in [-0.05, 0) is 54.7 Å². The van der Waals surface area contributed by atoms with Crippen molar-refractivity contribution in [2.45, 2.75) is 52.3 Å². The summed E-state index contributed by atoms with van der Waals surface area (Å²) in [4.78, 5) is 12.4. The van der Waals surface area contributed by atoms with Crippen molar-refractivity contribution >= 4 is 22.1 Å². The zero-order valence-corrected chi connectivity index (χ0v) is 21.1. The monoisotopic (exact) mass is 525 g/mol. The molecule has 0 unspecified atom stereocenters. The Morgan fingerprint density at radius 3 is 2.35 bits per heavy atom. The van der Waals surface area contributed by atoms with E-state index in [2.05, 4.69) is 15.0 Å². The molecule has 0 spiro atoms. The van der Waals surface area contributed by atoms with Crippen molar-refractivity contribution in [3.63, 3.8) is 0 Å². The van der Waals surface area contributed by atoms with Gasteiger partial charge in [0.15, 0.2) is 0 Å². The fraction of sp³-hybridized carbons (Fsp3) is 0.321. The highest BCUT2D eigenvalue weighted by Crippen LogP contribution is 2.29. The first kappa shape index (κ1) is 29.7. The Hall–Kier alpha value is -3.53. The molecule has 1 amide bonds. The number of phenols is 1. The molecule has 0 aliphatic carbocycles. The Labute approximate surface area is 220 Å². The number of aromatic hydroxyl groups is 1. The number of carbonyl (C=O) groups is 1. The van der Waals surface area contributed by atoms with E-state index in [1.54, 1.807) is 0 Å². The van der Waals surface area contributed by atoms with Crippen molar-refractivity contribution < 1.29 is 23.4 Å². The molecule has 1 atom stereocenters. The molecule has 0 fully saturated rings. The van der Waals surface area contributed by atoms with Gasteiger partial charge in [0, 0.05) is 18.6 Å². The summed E-state index contributed by atoms with van der Waals surface area (Å²) in [5.41, 5.74) is 2.96. The summed E-state index contributed by atoms with van der Waals surface area (Å²) in [5.74, 6) is -0.325. The molecule has 3 aromatic rings. The van der Waals surface area contributed by atoms with Crippen molar-refractivity contribution in [1.29, 1.82) is 0 Å². The smallest absolute Gasteiger partial charge is 0.316 e. The first-order chi connectivity index (χ1) is 17.1. The molecule has 0 aliphatic heterocycles. The number of phenolic OH excluding ortho intramolecular Hbond substituents is 1. The Bertz CT molecular complexity index is 1320. The summed E-state index contributed by atoms with van der Waals surface area (Å²) in [5, 5.41) is 26.6. The summed E-state index contributed by atoms with van der Waals surface area (Å²) >= 11 is 0. The van der Waals surface area contributed by atoms with Crippen LogP contribution in [0.3, 0.4) is 0 Å². The van der Waals surface area contributed by atoms with Crippen LogP contribution in [0.2, 0.25) is 0 Å². The topological polar surface area (TPSA) is 128 Å². The van der Waals surface area contributed by atoms with Crippen LogP contribution < -0.4 is 10.6 Å². The summed E-state index contributed by atoms with van der Waals surface area (Å²) in [7, 11) is -2.71. The van der Waals surface area contributed by atoms with Gasteiger partial charge in [-0.15, -0.1) is 4.36 Å². The molecule has 9 heteroatoms. The number of amides is 1. The van der Waals surface area contributed by atoms with Gasteiger partial charge >= 0.3 is 10.5 Å². The van der Waals surface area contributed by atoms with Crippen LogP contribution in [0.1, 0.15) is 49.6 Å². The van der Waals surface area contributed by atoms with Gasteiger partial charge in [0.05, 0.1) is 12.5 Å². The summed E-state index contributed by atoms with van der Waals surface area (Å²) < 4.78 is 25.0. The number of β-amino-alcohol motifs (C(OH)–C–C–N with tert-alkyl or cyclic N) is 1. The van der Waals surface area contributed by atoms with Crippen LogP contribution in [0, 0.1) is 0 Å². The van der Waals surface area contributed by atoms with E-state index < -0.39 is 16.6 Å². The summed E-state index contributed by atoms with van der Waals surface area (Å²) in [6.07, 6.45) is 0.0127. The molecule has 0 saturated carbocycles. The van der Waals surface area contributed by atoms with Crippen molar-refractivity contribution in [2.24, 2.45) is 4.36 Å². The third-order valence-electron chi connectivity index (χ3n) is 5.67.